The van der Waals surface area contributed by atoms with Crippen LogP contribution in [-0.2, 0) is 0 Å². The molecule has 4 aliphatic carbocycles. The number of nitrogens with two attached hydrogens (primary N) is 1. The minimum atomic E-state index is 0.123. The summed E-state index contributed by atoms with van der Waals surface area (Å²) in [5.41, 5.74) is 10.9. The van der Waals surface area contributed by atoms with Crippen LogP contribution in [0.3, 0.4) is 0 Å². The van der Waals surface area contributed by atoms with E-state index in [0.717, 1.165) is 22.8 Å². The predicted octanol–water partition coefficient (Wildman–Crippen LogP) is 5.17. The van der Waals surface area contributed by atoms with Gasteiger partial charge in [0.1, 0.15) is 0 Å². The molecule has 2 heteroatoms. The van der Waals surface area contributed by atoms with Gasteiger partial charge in [-0.1, -0.05) is 17.7 Å². The molecule has 0 heterocycles. The highest BCUT2D eigenvalue weighted by Crippen LogP contribution is 2.63. The molecule has 0 radical (unpaired) electrons. The zero-order valence-electron chi connectivity index (χ0n) is 13.2. The van der Waals surface area contributed by atoms with Crippen LogP contribution < -0.4 is 5.73 Å². The van der Waals surface area contributed by atoms with Gasteiger partial charge in [-0.05, 0) is 98.3 Å². The lowest BCUT2D eigenvalue weighted by atomic mass is 9.47. The van der Waals surface area contributed by atoms with E-state index in [-0.39, 0.29) is 6.04 Å². The topological polar surface area (TPSA) is 26.0 Å². The monoisotopic (exact) mass is 303 g/mol. The summed E-state index contributed by atoms with van der Waals surface area (Å²) in [6.45, 7) is 4.29. The summed E-state index contributed by atoms with van der Waals surface area (Å²) in [6.07, 6.45) is 8.40. The average molecular weight is 304 g/mol. The first kappa shape index (κ1) is 14.1. The van der Waals surface area contributed by atoms with Crippen molar-refractivity contribution in [1.29, 1.82) is 0 Å². The minimum absolute atomic E-state index is 0.123. The fourth-order valence-corrected chi connectivity index (χ4v) is 6.27. The molecule has 2 N–H and O–H groups in total. The number of aryl methyl sites for hydroxylation is 2. The highest BCUT2D eigenvalue weighted by Gasteiger charge is 2.53. The van der Waals surface area contributed by atoms with Crippen LogP contribution in [0.25, 0.3) is 0 Å². The van der Waals surface area contributed by atoms with Crippen LogP contribution in [0.5, 0.6) is 0 Å². The first-order valence-corrected chi connectivity index (χ1v) is 8.87. The van der Waals surface area contributed by atoms with Gasteiger partial charge < -0.3 is 5.73 Å². The van der Waals surface area contributed by atoms with Crippen LogP contribution in [0.4, 0.5) is 0 Å². The largest absolute Gasteiger partial charge is 0.323 e. The van der Waals surface area contributed by atoms with Crippen LogP contribution in [-0.4, -0.2) is 0 Å². The lowest BCUT2D eigenvalue weighted by molar-refractivity contribution is -0.0677. The van der Waals surface area contributed by atoms with Crippen LogP contribution in [0.1, 0.15) is 61.3 Å². The van der Waals surface area contributed by atoms with Crippen LogP contribution in [0.15, 0.2) is 12.1 Å². The van der Waals surface area contributed by atoms with Gasteiger partial charge in [0.2, 0.25) is 0 Å². The first-order valence-electron chi connectivity index (χ1n) is 8.49. The third kappa shape index (κ3) is 2.16. The second-order valence-electron chi connectivity index (χ2n) is 8.22. The van der Waals surface area contributed by atoms with E-state index in [1.54, 1.807) is 0 Å². The summed E-state index contributed by atoms with van der Waals surface area (Å²) in [7, 11) is 0. The molecule has 1 aromatic carbocycles. The van der Waals surface area contributed by atoms with Crippen molar-refractivity contribution in [2.75, 3.05) is 0 Å². The number of hydrogen-bond donors (Lipinski definition) is 1. The Bertz CT molecular complexity index is 542. The Kier molecular flexibility index (Phi) is 3.17. The number of benzene rings is 1. The fraction of sp³-hybridized carbons (Fsp3) is 0.684. The van der Waals surface area contributed by atoms with Gasteiger partial charge in [-0.25, -0.2) is 0 Å². The molecule has 4 aliphatic rings. The molecule has 0 aliphatic heterocycles. The van der Waals surface area contributed by atoms with Gasteiger partial charge in [-0.3, -0.25) is 0 Å². The molecule has 1 nitrogen and oxygen atoms in total. The van der Waals surface area contributed by atoms with Crippen molar-refractivity contribution in [3.63, 3.8) is 0 Å². The van der Waals surface area contributed by atoms with Gasteiger partial charge in [0, 0.05) is 11.1 Å². The molecule has 4 fully saturated rings. The molecular weight excluding hydrogens is 278 g/mol. The maximum absolute atomic E-state index is 6.83. The molecule has 4 bridgehead atoms. The van der Waals surface area contributed by atoms with E-state index < -0.39 is 0 Å². The van der Waals surface area contributed by atoms with Crippen molar-refractivity contribution in [1.82, 2.24) is 0 Å². The second-order valence-corrected chi connectivity index (χ2v) is 8.62. The Labute approximate surface area is 133 Å². The van der Waals surface area contributed by atoms with Crippen molar-refractivity contribution < 1.29 is 0 Å². The van der Waals surface area contributed by atoms with E-state index in [9.17, 15) is 0 Å². The summed E-state index contributed by atoms with van der Waals surface area (Å²) < 4.78 is 0. The Morgan fingerprint density at radius 1 is 1.00 bits per heavy atom. The first-order chi connectivity index (χ1) is 9.97. The zero-order valence-corrected chi connectivity index (χ0v) is 13.9. The summed E-state index contributed by atoms with van der Waals surface area (Å²) >= 11 is 6.56. The lowest BCUT2D eigenvalue weighted by Gasteiger charge is -2.59. The van der Waals surface area contributed by atoms with Crippen molar-refractivity contribution in [2.24, 2.45) is 28.9 Å². The van der Waals surface area contributed by atoms with Gasteiger partial charge in [-0.15, -0.1) is 0 Å². The number of hydrogen-bond acceptors (Lipinski definition) is 1. The molecular formula is C19H26ClN. The summed E-state index contributed by atoms with van der Waals surface area (Å²) in [5, 5.41) is 0.876. The molecule has 1 aromatic rings. The fourth-order valence-electron chi connectivity index (χ4n) is 5.93. The number of halogens is 1. The molecule has 5 rings (SSSR count). The van der Waals surface area contributed by atoms with Crippen molar-refractivity contribution in [3.8, 4) is 0 Å². The summed E-state index contributed by atoms with van der Waals surface area (Å²) in [4.78, 5) is 0. The van der Waals surface area contributed by atoms with Gasteiger partial charge in [0.25, 0.3) is 0 Å². The van der Waals surface area contributed by atoms with E-state index in [2.05, 4.69) is 26.0 Å². The highest BCUT2D eigenvalue weighted by molar-refractivity contribution is 6.31. The molecule has 21 heavy (non-hydrogen) atoms. The number of rotatable bonds is 2. The Hall–Kier alpha value is -0.530. The van der Waals surface area contributed by atoms with E-state index >= 15 is 0 Å². The minimum Gasteiger partial charge on any atom is -0.323 e. The average Bonchev–Trinajstić information content (AvgIpc) is 2.40. The Balaban J connectivity index is 1.71. The quantitative estimate of drug-likeness (QED) is 0.801. The third-order valence-corrected chi connectivity index (χ3v) is 7.02. The van der Waals surface area contributed by atoms with Crippen molar-refractivity contribution in [3.05, 3.63) is 33.8 Å². The van der Waals surface area contributed by atoms with Gasteiger partial charge >= 0.3 is 0 Å². The van der Waals surface area contributed by atoms with E-state index in [1.165, 1.54) is 55.2 Å². The molecule has 0 amide bonds. The molecule has 4 saturated carbocycles. The normalized spacial score (nSPS) is 38.8. The highest BCUT2D eigenvalue weighted by atomic mass is 35.5. The summed E-state index contributed by atoms with van der Waals surface area (Å²) in [6, 6.07) is 4.48. The second kappa shape index (κ2) is 4.73. The van der Waals surface area contributed by atoms with Crippen LogP contribution >= 0.6 is 11.6 Å². The van der Waals surface area contributed by atoms with Gasteiger partial charge in [0.15, 0.2) is 0 Å². The smallest absolute Gasteiger partial charge is 0.0456 e. The molecule has 0 saturated heterocycles. The predicted molar refractivity (Wildman–Crippen MR) is 88.5 cm³/mol. The summed E-state index contributed by atoms with van der Waals surface area (Å²) in [5.74, 6) is 2.81. The van der Waals surface area contributed by atoms with Gasteiger partial charge in [0.05, 0.1) is 0 Å². The van der Waals surface area contributed by atoms with E-state index in [4.69, 9.17) is 17.3 Å². The lowest BCUT2D eigenvalue weighted by Crippen LogP contribution is -2.50. The molecule has 114 valence electrons. The maximum Gasteiger partial charge on any atom is 0.0456 e. The zero-order chi connectivity index (χ0) is 14.8. The van der Waals surface area contributed by atoms with Crippen molar-refractivity contribution in [2.45, 2.75) is 58.4 Å². The Morgan fingerprint density at radius 2 is 1.48 bits per heavy atom. The SMILES string of the molecule is Cc1cc(Cl)c(C(N)C23CC4CC(CC(C4)C2)C3)cc1C. The molecule has 1 atom stereocenters. The van der Waals surface area contributed by atoms with Crippen LogP contribution in [0.2, 0.25) is 5.02 Å². The molecule has 1 unspecified atom stereocenters. The van der Waals surface area contributed by atoms with Gasteiger partial charge in [-0.2, -0.15) is 0 Å². The standard InChI is InChI=1S/C19H26ClN/c1-11-3-16(17(20)4-12(11)2)18(21)19-8-13-5-14(9-19)7-15(6-13)10-19/h3-4,13-15,18H,5-10,21H2,1-2H3. The molecule has 0 aromatic heterocycles. The molecule has 0 spiro atoms. The maximum atomic E-state index is 6.83. The van der Waals surface area contributed by atoms with Crippen molar-refractivity contribution >= 4 is 11.6 Å². The van der Waals surface area contributed by atoms with E-state index in [0.29, 0.717) is 5.41 Å². The van der Waals surface area contributed by atoms with E-state index in [1.807, 2.05) is 0 Å². The van der Waals surface area contributed by atoms with Crippen LogP contribution in [0, 0.1) is 37.0 Å². The third-order valence-electron chi connectivity index (χ3n) is 6.69. The Morgan fingerprint density at radius 3 is 2.00 bits per heavy atom.